The van der Waals surface area contributed by atoms with Gasteiger partial charge in [-0.15, -0.1) is 0 Å². The Hall–Kier alpha value is -2.43. The van der Waals surface area contributed by atoms with Crippen molar-refractivity contribution in [3.8, 4) is 0 Å². The van der Waals surface area contributed by atoms with E-state index in [1.807, 2.05) is 36.4 Å². The van der Waals surface area contributed by atoms with Crippen LogP contribution in [0.4, 0.5) is 5.69 Å². The molecule has 1 saturated heterocycles. The maximum atomic E-state index is 12.9. The van der Waals surface area contributed by atoms with E-state index in [9.17, 15) is 14.4 Å². The van der Waals surface area contributed by atoms with Crippen molar-refractivity contribution < 1.29 is 14.4 Å². The SMILES string of the molecule is O=C1C2CCCCC2C(=O)N1CC(=O)N1CCC=Cc2ccccc21. The average molecular weight is 338 g/mol. The summed E-state index contributed by atoms with van der Waals surface area (Å²) in [5.74, 6) is -0.885. The first-order valence-corrected chi connectivity index (χ1v) is 9.08. The maximum Gasteiger partial charge on any atom is 0.247 e. The second-order valence-electron chi connectivity index (χ2n) is 7.06. The number of carbonyl (C=O) groups excluding carboxylic acids is 3. The lowest BCUT2D eigenvalue weighted by Crippen LogP contribution is -2.43. The fraction of sp³-hybridized carbons (Fsp3) is 0.450. The number of nitrogens with zero attached hydrogens (tertiary/aromatic N) is 2. The van der Waals surface area contributed by atoms with Crippen LogP contribution >= 0.6 is 0 Å². The molecule has 3 amide bonds. The Kier molecular flexibility index (Phi) is 4.15. The highest BCUT2D eigenvalue weighted by Crippen LogP contribution is 2.38. The monoisotopic (exact) mass is 338 g/mol. The Morgan fingerprint density at radius 2 is 1.72 bits per heavy atom. The zero-order valence-corrected chi connectivity index (χ0v) is 14.2. The summed E-state index contributed by atoms with van der Waals surface area (Å²) < 4.78 is 0. The second kappa shape index (κ2) is 6.47. The van der Waals surface area contributed by atoms with Crippen molar-refractivity contribution in [1.82, 2.24) is 4.90 Å². The van der Waals surface area contributed by atoms with Gasteiger partial charge < -0.3 is 4.90 Å². The van der Waals surface area contributed by atoms with Gasteiger partial charge in [-0.2, -0.15) is 0 Å². The van der Waals surface area contributed by atoms with Gasteiger partial charge in [0.1, 0.15) is 6.54 Å². The van der Waals surface area contributed by atoms with Crippen LogP contribution in [0.2, 0.25) is 0 Å². The van der Waals surface area contributed by atoms with Gasteiger partial charge in [0, 0.05) is 6.54 Å². The largest absolute Gasteiger partial charge is 0.310 e. The number of carbonyl (C=O) groups is 3. The van der Waals surface area contributed by atoms with Gasteiger partial charge in [-0.3, -0.25) is 19.3 Å². The number of imide groups is 1. The molecule has 0 bridgehead atoms. The summed E-state index contributed by atoms with van der Waals surface area (Å²) in [6.07, 6.45) is 8.36. The average Bonchev–Trinajstić information content (AvgIpc) is 2.81. The molecule has 2 aliphatic heterocycles. The third kappa shape index (κ3) is 2.77. The van der Waals surface area contributed by atoms with Crippen LogP contribution in [0.15, 0.2) is 30.3 Å². The molecule has 0 radical (unpaired) electrons. The molecule has 1 saturated carbocycles. The van der Waals surface area contributed by atoms with E-state index in [0.29, 0.717) is 6.54 Å². The molecule has 2 fully saturated rings. The van der Waals surface area contributed by atoms with Crippen molar-refractivity contribution in [1.29, 1.82) is 0 Å². The molecule has 2 atom stereocenters. The number of rotatable bonds is 2. The Labute approximate surface area is 147 Å². The quantitative estimate of drug-likeness (QED) is 0.779. The number of anilines is 1. The number of benzene rings is 1. The fourth-order valence-electron chi connectivity index (χ4n) is 4.28. The predicted octanol–water partition coefficient (Wildman–Crippen LogP) is 2.61. The zero-order chi connectivity index (χ0) is 17.4. The normalized spacial score (nSPS) is 25.6. The van der Waals surface area contributed by atoms with Crippen molar-refractivity contribution in [2.24, 2.45) is 11.8 Å². The molecular weight excluding hydrogens is 316 g/mol. The number of hydrogen-bond acceptors (Lipinski definition) is 3. The first kappa shape index (κ1) is 16.1. The minimum absolute atomic E-state index is 0.140. The highest BCUT2D eigenvalue weighted by Gasteiger charge is 2.48. The smallest absolute Gasteiger partial charge is 0.247 e. The topological polar surface area (TPSA) is 57.7 Å². The number of fused-ring (bicyclic) bond motifs is 2. The number of likely N-dealkylation sites (tertiary alicyclic amines) is 1. The lowest BCUT2D eigenvalue weighted by Gasteiger charge is -2.25. The van der Waals surface area contributed by atoms with Crippen LogP contribution in [0.25, 0.3) is 6.08 Å². The van der Waals surface area contributed by atoms with E-state index in [1.54, 1.807) is 4.90 Å². The van der Waals surface area contributed by atoms with Gasteiger partial charge in [-0.25, -0.2) is 0 Å². The van der Waals surface area contributed by atoms with Crippen LogP contribution in [-0.2, 0) is 14.4 Å². The van der Waals surface area contributed by atoms with Gasteiger partial charge in [0.25, 0.3) is 0 Å². The van der Waals surface area contributed by atoms with Crippen LogP contribution < -0.4 is 4.90 Å². The molecule has 5 heteroatoms. The van der Waals surface area contributed by atoms with Gasteiger partial charge in [0.15, 0.2) is 0 Å². The highest BCUT2D eigenvalue weighted by molar-refractivity contribution is 6.09. The molecule has 0 N–H and O–H groups in total. The number of hydrogen-bond donors (Lipinski definition) is 0. The number of amides is 3. The van der Waals surface area contributed by atoms with Crippen LogP contribution in [0, 0.1) is 11.8 Å². The Balaban J connectivity index is 1.55. The molecule has 25 heavy (non-hydrogen) atoms. The minimum Gasteiger partial charge on any atom is -0.310 e. The van der Waals surface area contributed by atoms with E-state index in [2.05, 4.69) is 0 Å². The molecule has 1 aromatic carbocycles. The van der Waals surface area contributed by atoms with Crippen molar-refractivity contribution in [3.05, 3.63) is 35.9 Å². The predicted molar refractivity (Wildman–Crippen MR) is 94.6 cm³/mol. The van der Waals surface area contributed by atoms with Crippen LogP contribution in [0.5, 0.6) is 0 Å². The van der Waals surface area contributed by atoms with Gasteiger partial charge in [0.05, 0.1) is 17.5 Å². The molecule has 0 aromatic heterocycles. The summed E-state index contributed by atoms with van der Waals surface area (Å²) in [4.78, 5) is 41.0. The minimum atomic E-state index is -0.202. The zero-order valence-electron chi connectivity index (χ0n) is 14.2. The first-order chi connectivity index (χ1) is 12.2. The molecule has 0 spiro atoms. The molecule has 2 heterocycles. The van der Waals surface area contributed by atoms with Crippen molar-refractivity contribution in [2.45, 2.75) is 32.1 Å². The maximum absolute atomic E-state index is 12.9. The summed E-state index contributed by atoms with van der Waals surface area (Å²) in [5, 5.41) is 0. The van der Waals surface area contributed by atoms with Crippen molar-refractivity contribution >= 4 is 29.5 Å². The van der Waals surface area contributed by atoms with E-state index in [1.165, 1.54) is 4.90 Å². The van der Waals surface area contributed by atoms with Crippen molar-refractivity contribution in [3.63, 3.8) is 0 Å². The van der Waals surface area contributed by atoms with Crippen LogP contribution in [-0.4, -0.2) is 35.7 Å². The summed E-state index contributed by atoms with van der Waals surface area (Å²) >= 11 is 0. The molecule has 4 rings (SSSR count). The molecule has 1 aromatic rings. The van der Waals surface area contributed by atoms with E-state index >= 15 is 0 Å². The van der Waals surface area contributed by atoms with Crippen LogP contribution in [0.1, 0.15) is 37.7 Å². The molecule has 5 nitrogen and oxygen atoms in total. The van der Waals surface area contributed by atoms with E-state index < -0.39 is 0 Å². The van der Waals surface area contributed by atoms with Crippen LogP contribution in [0.3, 0.4) is 0 Å². The Morgan fingerprint density at radius 3 is 2.44 bits per heavy atom. The van der Waals surface area contributed by atoms with Gasteiger partial charge in [0.2, 0.25) is 17.7 Å². The molecule has 130 valence electrons. The highest BCUT2D eigenvalue weighted by atomic mass is 16.2. The summed E-state index contributed by atoms with van der Waals surface area (Å²) in [6.45, 7) is 0.425. The van der Waals surface area contributed by atoms with E-state index in [0.717, 1.165) is 43.4 Å². The Morgan fingerprint density at radius 1 is 1.04 bits per heavy atom. The standard InChI is InChI=1S/C20H22N2O3/c23-18(21-12-6-5-8-14-7-1-4-11-17(14)21)13-22-19(24)15-9-2-3-10-16(15)20(22)25/h1,4-5,7-8,11,15-16H,2-3,6,9-10,12-13H2. The lowest BCUT2D eigenvalue weighted by atomic mass is 9.81. The third-order valence-electron chi connectivity index (χ3n) is 5.57. The first-order valence-electron chi connectivity index (χ1n) is 9.08. The Bertz CT molecular complexity index is 731. The van der Waals surface area contributed by atoms with E-state index in [4.69, 9.17) is 0 Å². The lowest BCUT2D eigenvalue weighted by molar-refractivity contribution is -0.143. The molecule has 2 unspecified atom stereocenters. The summed E-state index contributed by atoms with van der Waals surface area (Å²) in [7, 11) is 0. The second-order valence-corrected chi connectivity index (χ2v) is 7.06. The van der Waals surface area contributed by atoms with E-state index in [-0.39, 0.29) is 36.1 Å². The summed E-state index contributed by atoms with van der Waals surface area (Å²) in [5.41, 5.74) is 1.83. The number of para-hydroxylation sites is 1. The molecule has 1 aliphatic carbocycles. The third-order valence-corrected chi connectivity index (χ3v) is 5.57. The van der Waals surface area contributed by atoms with Gasteiger partial charge >= 0.3 is 0 Å². The fourth-order valence-corrected chi connectivity index (χ4v) is 4.28. The van der Waals surface area contributed by atoms with Gasteiger partial charge in [-0.1, -0.05) is 43.2 Å². The molecule has 3 aliphatic rings. The van der Waals surface area contributed by atoms with Crippen molar-refractivity contribution in [2.75, 3.05) is 18.0 Å². The molecular formula is C20H22N2O3. The summed E-state index contributed by atoms with van der Waals surface area (Å²) in [6, 6.07) is 7.72. The van der Waals surface area contributed by atoms with Gasteiger partial charge in [-0.05, 0) is 30.9 Å².